The lowest BCUT2D eigenvalue weighted by Gasteiger charge is -2.33. The fraction of sp³-hybridized carbons (Fsp3) is 0.381. The van der Waals surface area contributed by atoms with Crippen LogP contribution < -0.4 is 18.9 Å². The molecule has 0 saturated carbocycles. The highest BCUT2D eigenvalue weighted by atomic mass is 16.5. The Morgan fingerprint density at radius 1 is 0.964 bits per heavy atom. The summed E-state index contributed by atoms with van der Waals surface area (Å²) in [6.45, 7) is 1.44. The molecule has 7 heteroatoms. The van der Waals surface area contributed by atoms with Crippen LogP contribution in [0.3, 0.4) is 0 Å². The monoisotopic (exact) mass is 387 g/mol. The molecule has 28 heavy (non-hydrogen) atoms. The Morgan fingerprint density at radius 3 is 2.14 bits per heavy atom. The molecule has 1 saturated heterocycles. The van der Waals surface area contributed by atoms with Crippen molar-refractivity contribution < 1.29 is 28.5 Å². The second kappa shape index (κ2) is 8.84. The number of hydrogen-bond donors (Lipinski definition) is 0. The SMILES string of the molecule is COc1ccc(C2CN(C(=O)c3cc(OC)c(OC)c(OC)c3)CCO2)cc1. The Balaban J connectivity index is 1.81. The summed E-state index contributed by atoms with van der Waals surface area (Å²) in [5, 5.41) is 0. The van der Waals surface area contributed by atoms with Gasteiger partial charge in [-0.25, -0.2) is 0 Å². The zero-order valence-corrected chi connectivity index (χ0v) is 16.6. The highest BCUT2D eigenvalue weighted by Gasteiger charge is 2.27. The van der Waals surface area contributed by atoms with Crippen LogP contribution >= 0.6 is 0 Å². The predicted molar refractivity (Wildman–Crippen MR) is 104 cm³/mol. The lowest BCUT2D eigenvalue weighted by Crippen LogP contribution is -2.42. The molecule has 1 atom stereocenters. The first kappa shape index (κ1) is 19.8. The van der Waals surface area contributed by atoms with Crippen molar-refractivity contribution in [2.24, 2.45) is 0 Å². The normalized spacial score (nSPS) is 16.4. The number of methoxy groups -OCH3 is 4. The first-order valence-electron chi connectivity index (χ1n) is 8.96. The van der Waals surface area contributed by atoms with Crippen LogP contribution in [-0.4, -0.2) is 58.9 Å². The van der Waals surface area contributed by atoms with Crippen molar-refractivity contribution in [1.29, 1.82) is 0 Å². The molecule has 150 valence electrons. The van der Waals surface area contributed by atoms with Gasteiger partial charge in [-0.2, -0.15) is 0 Å². The standard InChI is InChI=1S/C21H25NO6/c1-24-16-7-5-14(6-8-16)19-13-22(9-10-28-19)21(23)15-11-17(25-2)20(27-4)18(12-15)26-3/h5-8,11-12,19H,9-10,13H2,1-4H3. The van der Waals surface area contributed by atoms with Crippen LogP contribution in [0.25, 0.3) is 0 Å². The van der Waals surface area contributed by atoms with Gasteiger partial charge < -0.3 is 28.6 Å². The van der Waals surface area contributed by atoms with Crippen molar-refractivity contribution >= 4 is 5.91 Å². The van der Waals surface area contributed by atoms with Crippen LogP contribution in [0.1, 0.15) is 22.0 Å². The molecule has 1 amide bonds. The molecule has 1 aliphatic heterocycles. The minimum atomic E-state index is -0.189. The van der Waals surface area contributed by atoms with Crippen LogP contribution in [0.5, 0.6) is 23.0 Å². The third-order valence-electron chi connectivity index (χ3n) is 4.75. The number of rotatable bonds is 6. The largest absolute Gasteiger partial charge is 0.497 e. The number of carbonyl (C=O) groups excluding carboxylic acids is 1. The first-order chi connectivity index (χ1) is 13.6. The molecule has 1 heterocycles. The molecule has 0 bridgehead atoms. The number of carbonyl (C=O) groups is 1. The third kappa shape index (κ3) is 3.99. The van der Waals surface area contributed by atoms with Crippen molar-refractivity contribution in [2.45, 2.75) is 6.10 Å². The van der Waals surface area contributed by atoms with E-state index < -0.39 is 0 Å². The Hall–Kier alpha value is -2.93. The summed E-state index contributed by atoms with van der Waals surface area (Å²) < 4.78 is 27.1. The molecular formula is C21H25NO6. The van der Waals surface area contributed by atoms with E-state index in [9.17, 15) is 4.79 Å². The van der Waals surface area contributed by atoms with Crippen molar-refractivity contribution in [3.63, 3.8) is 0 Å². The molecule has 7 nitrogen and oxygen atoms in total. The zero-order chi connectivity index (χ0) is 20.1. The average molecular weight is 387 g/mol. The summed E-state index contributed by atoms with van der Waals surface area (Å²) >= 11 is 0. The van der Waals surface area contributed by atoms with Crippen LogP contribution in [-0.2, 0) is 4.74 Å². The molecule has 2 aromatic carbocycles. The molecule has 0 aliphatic carbocycles. The van der Waals surface area contributed by atoms with Crippen LogP contribution in [0.4, 0.5) is 0 Å². The quantitative estimate of drug-likeness (QED) is 0.759. The van der Waals surface area contributed by atoms with E-state index in [1.165, 1.54) is 21.3 Å². The molecule has 0 aromatic heterocycles. The fourth-order valence-electron chi connectivity index (χ4n) is 3.24. The van der Waals surface area contributed by atoms with Crippen LogP contribution in [0.15, 0.2) is 36.4 Å². The van der Waals surface area contributed by atoms with E-state index in [1.807, 2.05) is 24.3 Å². The number of ether oxygens (including phenoxy) is 5. The molecule has 3 rings (SSSR count). The van der Waals surface area contributed by atoms with Gasteiger partial charge in [0.2, 0.25) is 5.75 Å². The summed E-state index contributed by atoms with van der Waals surface area (Å²) in [5.74, 6) is 2.03. The lowest BCUT2D eigenvalue weighted by atomic mass is 10.1. The third-order valence-corrected chi connectivity index (χ3v) is 4.75. The van der Waals surface area contributed by atoms with E-state index in [0.29, 0.717) is 42.5 Å². The molecule has 0 radical (unpaired) electrons. The Bertz CT molecular complexity index is 795. The summed E-state index contributed by atoms with van der Waals surface area (Å²) in [6, 6.07) is 11.0. The van der Waals surface area contributed by atoms with Crippen molar-refractivity contribution in [3.05, 3.63) is 47.5 Å². The van der Waals surface area contributed by atoms with Gasteiger partial charge in [-0.15, -0.1) is 0 Å². The van der Waals surface area contributed by atoms with Crippen molar-refractivity contribution in [3.8, 4) is 23.0 Å². The summed E-state index contributed by atoms with van der Waals surface area (Å²) in [7, 11) is 6.22. The molecule has 1 fully saturated rings. The summed E-state index contributed by atoms with van der Waals surface area (Å²) in [6.07, 6.45) is -0.189. The van der Waals surface area contributed by atoms with Gasteiger partial charge in [0.15, 0.2) is 11.5 Å². The highest BCUT2D eigenvalue weighted by Crippen LogP contribution is 2.38. The molecule has 1 unspecified atom stereocenters. The molecule has 2 aromatic rings. The summed E-state index contributed by atoms with van der Waals surface area (Å²) in [4.78, 5) is 14.9. The van der Waals surface area contributed by atoms with Crippen LogP contribution in [0.2, 0.25) is 0 Å². The maximum atomic E-state index is 13.1. The van der Waals surface area contributed by atoms with Gasteiger partial charge in [-0.3, -0.25) is 4.79 Å². The first-order valence-corrected chi connectivity index (χ1v) is 8.96. The Morgan fingerprint density at radius 2 is 1.61 bits per heavy atom. The molecule has 0 N–H and O–H groups in total. The highest BCUT2D eigenvalue weighted by molar-refractivity contribution is 5.95. The maximum Gasteiger partial charge on any atom is 0.254 e. The number of hydrogen-bond acceptors (Lipinski definition) is 6. The van der Waals surface area contributed by atoms with E-state index in [-0.39, 0.29) is 12.0 Å². The van der Waals surface area contributed by atoms with Gasteiger partial charge in [0.1, 0.15) is 11.9 Å². The van der Waals surface area contributed by atoms with Crippen molar-refractivity contribution in [1.82, 2.24) is 4.90 Å². The van der Waals surface area contributed by atoms with Gasteiger partial charge >= 0.3 is 0 Å². The topological polar surface area (TPSA) is 66.5 Å². The second-order valence-corrected chi connectivity index (χ2v) is 6.30. The minimum absolute atomic E-state index is 0.110. The van der Waals surface area contributed by atoms with Gasteiger partial charge in [0.05, 0.1) is 41.6 Å². The maximum absolute atomic E-state index is 13.1. The fourth-order valence-corrected chi connectivity index (χ4v) is 3.24. The van der Waals surface area contributed by atoms with Crippen molar-refractivity contribution in [2.75, 3.05) is 48.1 Å². The van der Waals surface area contributed by atoms with Gasteiger partial charge in [0, 0.05) is 12.1 Å². The number of morpholine rings is 1. The smallest absolute Gasteiger partial charge is 0.254 e. The molecular weight excluding hydrogens is 362 g/mol. The van der Waals surface area contributed by atoms with Gasteiger partial charge in [-0.1, -0.05) is 12.1 Å². The zero-order valence-electron chi connectivity index (χ0n) is 16.6. The number of amides is 1. The minimum Gasteiger partial charge on any atom is -0.497 e. The summed E-state index contributed by atoms with van der Waals surface area (Å²) in [5.41, 5.74) is 1.48. The van der Waals surface area contributed by atoms with Gasteiger partial charge in [-0.05, 0) is 29.8 Å². The number of benzene rings is 2. The Labute approximate surface area is 164 Å². The lowest BCUT2D eigenvalue weighted by molar-refractivity contribution is -0.0228. The van der Waals surface area contributed by atoms with E-state index in [1.54, 1.807) is 24.1 Å². The van der Waals surface area contributed by atoms with Gasteiger partial charge in [0.25, 0.3) is 5.91 Å². The number of nitrogens with zero attached hydrogens (tertiary/aromatic N) is 1. The van der Waals surface area contributed by atoms with E-state index in [4.69, 9.17) is 23.7 Å². The Kier molecular flexibility index (Phi) is 6.26. The van der Waals surface area contributed by atoms with E-state index in [2.05, 4.69) is 0 Å². The molecule has 1 aliphatic rings. The van der Waals surface area contributed by atoms with E-state index in [0.717, 1.165) is 11.3 Å². The molecule has 0 spiro atoms. The second-order valence-electron chi connectivity index (χ2n) is 6.30. The van der Waals surface area contributed by atoms with E-state index >= 15 is 0 Å². The average Bonchev–Trinajstić information content (AvgIpc) is 2.77. The van der Waals surface area contributed by atoms with Crippen LogP contribution in [0, 0.1) is 0 Å². The predicted octanol–water partition coefficient (Wildman–Crippen LogP) is 2.93.